The highest BCUT2D eigenvalue weighted by Crippen LogP contribution is 2.24. The summed E-state index contributed by atoms with van der Waals surface area (Å²) in [7, 11) is -3.37. The zero-order chi connectivity index (χ0) is 19.6. The molecule has 140 valence electrons. The van der Waals surface area contributed by atoms with Gasteiger partial charge in [-0.15, -0.1) is 5.10 Å². The smallest absolute Gasteiger partial charge is 0.256 e. The Morgan fingerprint density at radius 3 is 2.41 bits per heavy atom. The standard InChI is InChI=1S/C17H14Cl2N4O3S/c1-27(25,26)22-13-5-2-11(3-6-13)17(24)20-16-8-9-23(21-16)15-7-4-12(18)10-14(15)19/h2-10,22H,1H3,(H,20,21,24). The lowest BCUT2D eigenvalue weighted by atomic mass is 10.2. The molecular weight excluding hydrogens is 411 g/mol. The van der Waals surface area contributed by atoms with Gasteiger partial charge in [0.2, 0.25) is 10.0 Å². The number of hydrogen-bond acceptors (Lipinski definition) is 4. The first kappa shape index (κ1) is 19.2. The summed E-state index contributed by atoms with van der Waals surface area (Å²) in [6.45, 7) is 0. The maximum absolute atomic E-state index is 12.3. The highest BCUT2D eigenvalue weighted by atomic mass is 35.5. The number of carbonyl (C=O) groups is 1. The van der Waals surface area contributed by atoms with Gasteiger partial charge in [-0.05, 0) is 42.5 Å². The van der Waals surface area contributed by atoms with Crippen LogP contribution in [0.4, 0.5) is 11.5 Å². The molecule has 7 nitrogen and oxygen atoms in total. The van der Waals surface area contributed by atoms with Crippen molar-refractivity contribution in [2.45, 2.75) is 0 Å². The van der Waals surface area contributed by atoms with Crippen molar-refractivity contribution >= 4 is 50.6 Å². The first-order valence-electron chi connectivity index (χ1n) is 7.61. The van der Waals surface area contributed by atoms with E-state index in [4.69, 9.17) is 23.2 Å². The lowest BCUT2D eigenvalue weighted by Crippen LogP contribution is -2.13. The Hall–Kier alpha value is -2.55. The van der Waals surface area contributed by atoms with Gasteiger partial charge in [-0.25, -0.2) is 13.1 Å². The lowest BCUT2D eigenvalue weighted by Gasteiger charge is -2.06. The topological polar surface area (TPSA) is 93.1 Å². The average Bonchev–Trinajstić information content (AvgIpc) is 3.02. The van der Waals surface area contributed by atoms with Crippen LogP contribution in [0.25, 0.3) is 5.69 Å². The van der Waals surface area contributed by atoms with Crippen molar-refractivity contribution in [3.8, 4) is 5.69 Å². The van der Waals surface area contributed by atoms with Crippen molar-refractivity contribution in [2.75, 3.05) is 16.3 Å². The molecule has 0 saturated carbocycles. The number of nitrogens with zero attached hydrogens (tertiary/aromatic N) is 2. The van der Waals surface area contributed by atoms with Crippen LogP contribution in [0.2, 0.25) is 10.0 Å². The van der Waals surface area contributed by atoms with E-state index in [9.17, 15) is 13.2 Å². The summed E-state index contributed by atoms with van der Waals surface area (Å²) in [5.74, 6) is -0.0438. The molecule has 27 heavy (non-hydrogen) atoms. The summed E-state index contributed by atoms with van der Waals surface area (Å²) in [5.41, 5.74) is 1.35. The van der Waals surface area contributed by atoms with Crippen molar-refractivity contribution in [2.24, 2.45) is 0 Å². The minimum atomic E-state index is -3.37. The fraction of sp³-hybridized carbons (Fsp3) is 0.0588. The van der Waals surface area contributed by atoms with Gasteiger partial charge in [0.15, 0.2) is 5.82 Å². The Kier molecular flexibility index (Phi) is 5.41. The van der Waals surface area contributed by atoms with E-state index in [0.29, 0.717) is 32.8 Å². The summed E-state index contributed by atoms with van der Waals surface area (Å²) < 4.78 is 26.3. The van der Waals surface area contributed by atoms with Crippen molar-refractivity contribution in [1.29, 1.82) is 0 Å². The summed E-state index contributed by atoms with van der Waals surface area (Å²) >= 11 is 12.0. The number of halogens is 2. The zero-order valence-electron chi connectivity index (χ0n) is 14.0. The number of anilines is 2. The van der Waals surface area contributed by atoms with E-state index >= 15 is 0 Å². The largest absolute Gasteiger partial charge is 0.305 e. The first-order valence-corrected chi connectivity index (χ1v) is 10.3. The number of rotatable bonds is 5. The third-order valence-electron chi connectivity index (χ3n) is 3.44. The van der Waals surface area contributed by atoms with E-state index in [1.807, 2.05) is 0 Å². The van der Waals surface area contributed by atoms with E-state index in [1.54, 1.807) is 30.5 Å². The van der Waals surface area contributed by atoms with Crippen LogP contribution in [0.15, 0.2) is 54.7 Å². The molecule has 0 bridgehead atoms. The number of benzene rings is 2. The van der Waals surface area contributed by atoms with Crippen LogP contribution in [0.3, 0.4) is 0 Å². The number of hydrogen-bond donors (Lipinski definition) is 2. The van der Waals surface area contributed by atoms with Crippen molar-refractivity contribution < 1.29 is 13.2 Å². The minimum absolute atomic E-state index is 0.337. The van der Waals surface area contributed by atoms with Gasteiger partial charge in [-0.3, -0.25) is 9.52 Å². The number of carbonyl (C=O) groups excluding carboxylic acids is 1. The van der Waals surface area contributed by atoms with E-state index in [1.165, 1.54) is 28.9 Å². The van der Waals surface area contributed by atoms with Crippen molar-refractivity contribution in [3.05, 3.63) is 70.3 Å². The number of nitrogens with one attached hydrogen (secondary N) is 2. The second kappa shape index (κ2) is 7.59. The second-order valence-corrected chi connectivity index (χ2v) is 8.24. The van der Waals surface area contributed by atoms with Gasteiger partial charge in [0.25, 0.3) is 5.91 Å². The SMILES string of the molecule is CS(=O)(=O)Nc1ccc(C(=O)Nc2ccn(-c3ccc(Cl)cc3Cl)n2)cc1. The molecule has 0 aliphatic heterocycles. The van der Waals surface area contributed by atoms with E-state index in [-0.39, 0.29) is 5.91 Å². The molecular formula is C17H14Cl2N4O3S. The third kappa shape index (κ3) is 5.00. The molecule has 3 rings (SSSR count). The monoisotopic (exact) mass is 424 g/mol. The Balaban J connectivity index is 1.72. The molecule has 1 heterocycles. The fourth-order valence-corrected chi connectivity index (χ4v) is 3.34. The van der Waals surface area contributed by atoms with Crippen molar-refractivity contribution in [1.82, 2.24) is 9.78 Å². The van der Waals surface area contributed by atoms with Crippen LogP contribution in [0, 0.1) is 0 Å². The average molecular weight is 425 g/mol. The van der Waals surface area contributed by atoms with Gasteiger partial charge >= 0.3 is 0 Å². The fourth-order valence-electron chi connectivity index (χ4n) is 2.28. The maximum atomic E-state index is 12.3. The molecule has 0 spiro atoms. The third-order valence-corrected chi connectivity index (χ3v) is 4.58. The highest BCUT2D eigenvalue weighted by Gasteiger charge is 2.11. The summed E-state index contributed by atoms with van der Waals surface area (Å²) in [6, 6.07) is 12.7. The van der Waals surface area contributed by atoms with Crippen LogP contribution in [-0.4, -0.2) is 30.4 Å². The molecule has 2 N–H and O–H groups in total. The normalized spacial score (nSPS) is 11.2. The molecule has 10 heteroatoms. The van der Waals surface area contributed by atoms with Crippen LogP contribution in [0.1, 0.15) is 10.4 Å². The number of sulfonamides is 1. The summed E-state index contributed by atoms with van der Waals surface area (Å²) in [4.78, 5) is 12.3. The summed E-state index contributed by atoms with van der Waals surface area (Å²) in [5, 5.41) is 7.88. The lowest BCUT2D eigenvalue weighted by molar-refractivity contribution is 0.102. The predicted octanol–water partition coefficient (Wildman–Crippen LogP) is 3.80. The van der Waals surface area contributed by atoms with Crippen LogP contribution < -0.4 is 10.0 Å². The predicted molar refractivity (Wildman–Crippen MR) is 106 cm³/mol. The molecule has 2 aromatic carbocycles. The highest BCUT2D eigenvalue weighted by molar-refractivity contribution is 7.92. The van der Waals surface area contributed by atoms with Gasteiger partial charge in [-0.1, -0.05) is 23.2 Å². The minimum Gasteiger partial charge on any atom is -0.305 e. The first-order chi connectivity index (χ1) is 12.7. The molecule has 0 radical (unpaired) electrons. The quantitative estimate of drug-likeness (QED) is 0.650. The summed E-state index contributed by atoms with van der Waals surface area (Å²) in [6.07, 6.45) is 2.71. The molecule has 0 fully saturated rings. The second-order valence-electron chi connectivity index (χ2n) is 5.65. The number of aromatic nitrogens is 2. The van der Waals surface area contributed by atoms with Crippen LogP contribution in [0.5, 0.6) is 0 Å². The Morgan fingerprint density at radius 1 is 1.07 bits per heavy atom. The molecule has 0 unspecified atom stereocenters. The number of amides is 1. The van der Waals surface area contributed by atoms with Gasteiger partial charge < -0.3 is 5.32 Å². The Labute approximate surface area is 166 Å². The van der Waals surface area contributed by atoms with Gasteiger partial charge in [0.05, 0.1) is 17.0 Å². The van der Waals surface area contributed by atoms with E-state index in [2.05, 4.69) is 15.1 Å². The van der Waals surface area contributed by atoms with E-state index < -0.39 is 10.0 Å². The van der Waals surface area contributed by atoms with E-state index in [0.717, 1.165) is 6.26 Å². The molecule has 0 aliphatic rings. The van der Waals surface area contributed by atoms with Crippen molar-refractivity contribution in [3.63, 3.8) is 0 Å². The molecule has 0 atom stereocenters. The molecule has 3 aromatic rings. The molecule has 1 amide bonds. The maximum Gasteiger partial charge on any atom is 0.256 e. The molecule has 0 saturated heterocycles. The van der Waals surface area contributed by atoms with Crippen LogP contribution in [-0.2, 0) is 10.0 Å². The van der Waals surface area contributed by atoms with Gasteiger partial charge in [-0.2, -0.15) is 0 Å². The Morgan fingerprint density at radius 2 is 1.78 bits per heavy atom. The molecule has 0 aliphatic carbocycles. The van der Waals surface area contributed by atoms with Gasteiger partial charge in [0.1, 0.15) is 0 Å². The molecule has 1 aromatic heterocycles. The Bertz CT molecular complexity index is 1100. The van der Waals surface area contributed by atoms with Gasteiger partial charge in [0, 0.05) is 28.5 Å². The zero-order valence-corrected chi connectivity index (χ0v) is 16.3. The van der Waals surface area contributed by atoms with Crippen LogP contribution >= 0.6 is 23.2 Å².